The van der Waals surface area contributed by atoms with Gasteiger partial charge in [-0.25, -0.2) is 4.39 Å². The highest BCUT2D eigenvalue weighted by Gasteiger charge is 2.16. The summed E-state index contributed by atoms with van der Waals surface area (Å²) in [5, 5.41) is 2.78. The molecule has 2 aromatic rings. The lowest BCUT2D eigenvalue weighted by molar-refractivity contribution is 0.102. The van der Waals surface area contributed by atoms with Crippen LogP contribution in [-0.2, 0) is 6.54 Å². The molecule has 0 aliphatic heterocycles. The molecular formula is C16H16BrFN2O. The van der Waals surface area contributed by atoms with E-state index < -0.39 is 11.7 Å². The number of halogens is 2. The third-order valence-electron chi connectivity index (χ3n) is 2.94. The zero-order valence-corrected chi connectivity index (χ0v) is 13.4. The minimum absolute atomic E-state index is 0.0113. The van der Waals surface area contributed by atoms with Gasteiger partial charge in [-0.3, -0.25) is 4.79 Å². The maximum absolute atomic E-state index is 13.8. The van der Waals surface area contributed by atoms with E-state index in [2.05, 4.69) is 21.2 Å². The van der Waals surface area contributed by atoms with Gasteiger partial charge in [0.05, 0.1) is 5.56 Å². The molecule has 1 N–H and O–H groups in total. The number of nitrogens with zero attached hydrogens (tertiary/aromatic N) is 1. The van der Waals surface area contributed by atoms with Crippen LogP contribution in [-0.4, -0.2) is 24.9 Å². The summed E-state index contributed by atoms with van der Waals surface area (Å²) in [6.07, 6.45) is 0. The number of rotatable bonds is 4. The lowest BCUT2D eigenvalue weighted by Crippen LogP contribution is -2.18. The Morgan fingerprint density at radius 1 is 1.19 bits per heavy atom. The number of benzene rings is 2. The van der Waals surface area contributed by atoms with Crippen LogP contribution in [0.5, 0.6) is 0 Å². The van der Waals surface area contributed by atoms with Crippen molar-refractivity contribution in [1.29, 1.82) is 0 Å². The topological polar surface area (TPSA) is 32.3 Å². The van der Waals surface area contributed by atoms with Crippen LogP contribution in [0.4, 0.5) is 10.1 Å². The van der Waals surface area contributed by atoms with Crippen LogP contribution >= 0.6 is 15.9 Å². The Balaban J connectivity index is 2.28. The molecule has 0 aliphatic rings. The quantitative estimate of drug-likeness (QED) is 0.906. The van der Waals surface area contributed by atoms with Crippen LogP contribution in [0.15, 0.2) is 46.9 Å². The number of hydrogen-bond acceptors (Lipinski definition) is 2. The van der Waals surface area contributed by atoms with Crippen molar-refractivity contribution in [2.24, 2.45) is 0 Å². The van der Waals surface area contributed by atoms with Gasteiger partial charge in [-0.1, -0.05) is 24.3 Å². The van der Waals surface area contributed by atoms with Crippen LogP contribution in [0.2, 0.25) is 0 Å². The second-order valence-corrected chi connectivity index (χ2v) is 5.80. The Bertz CT molecular complexity index is 638. The summed E-state index contributed by atoms with van der Waals surface area (Å²) in [6, 6.07) is 12.0. The van der Waals surface area contributed by atoms with E-state index in [4.69, 9.17) is 0 Å². The average Bonchev–Trinajstić information content (AvgIpc) is 2.40. The van der Waals surface area contributed by atoms with Crippen LogP contribution < -0.4 is 5.32 Å². The molecule has 0 atom stereocenters. The van der Waals surface area contributed by atoms with Crippen molar-refractivity contribution >= 4 is 27.5 Å². The third-order valence-corrected chi connectivity index (χ3v) is 3.60. The highest BCUT2D eigenvalue weighted by atomic mass is 79.9. The lowest BCUT2D eigenvalue weighted by Gasteiger charge is -2.15. The van der Waals surface area contributed by atoms with Crippen molar-refractivity contribution in [3.63, 3.8) is 0 Å². The number of anilines is 1. The summed E-state index contributed by atoms with van der Waals surface area (Å²) in [5.41, 5.74) is 1.67. The first-order valence-corrected chi connectivity index (χ1v) is 7.26. The zero-order chi connectivity index (χ0) is 15.4. The Morgan fingerprint density at radius 3 is 2.57 bits per heavy atom. The molecule has 0 fully saturated rings. The number of carbonyl (C=O) groups is 1. The molecule has 21 heavy (non-hydrogen) atoms. The number of nitrogens with one attached hydrogen (secondary N) is 1. The number of para-hydroxylation sites is 1. The first kappa shape index (κ1) is 15.7. The van der Waals surface area contributed by atoms with E-state index in [0.29, 0.717) is 16.7 Å². The smallest absolute Gasteiger partial charge is 0.259 e. The summed E-state index contributed by atoms with van der Waals surface area (Å²) in [5.74, 6) is -1.02. The molecule has 0 bridgehead atoms. The predicted molar refractivity (Wildman–Crippen MR) is 85.9 cm³/mol. The molecule has 0 radical (unpaired) electrons. The molecule has 5 heteroatoms. The van der Waals surface area contributed by atoms with E-state index in [-0.39, 0.29) is 5.56 Å². The van der Waals surface area contributed by atoms with E-state index in [0.717, 1.165) is 5.56 Å². The summed E-state index contributed by atoms with van der Waals surface area (Å²) in [7, 11) is 3.90. The second-order valence-electron chi connectivity index (χ2n) is 4.95. The fourth-order valence-electron chi connectivity index (χ4n) is 2.02. The molecule has 110 valence electrons. The number of carbonyl (C=O) groups excluding carboxylic acids is 1. The van der Waals surface area contributed by atoms with Crippen LogP contribution in [0.3, 0.4) is 0 Å². The molecular weight excluding hydrogens is 335 g/mol. The van der Waals surface area contributed by atoms with Crippen molar-refractivity contribution < 1.29 is 9.18 Å². The molecule has 0 aromatic heterocycles. The molecule has 2 rings (SSSR count). The molecule has 0 saturated carbocycles. The molecule has 2 aromatic carbocycles. The molecule has 3 nitrogen and oxygen atoms in total. The predicted octanol–water partition coefficient (Wildman–Crippen LogP) is 3.90. The molecule has 0 aliphatic carbocycles. The number of hydrogen-bond donors (Lipinski definition) is 1. The fourth-order valence-corrected chi connectivity index (χ4v) is 2.54. The minimum atomic E-state index is -0.549. The lowest BCUT2D eigenvalue weighted by atomic mass is 10.1. The van der Waals surface area contributed by atoms with Gasteiger partial charge in [0.15, 0.2) is 0 Å². The summed E-state index contributed by atoms with van der Waals surface area (Å²) in [4.78, 5) is 14.3. The van der Waals surface area contributed by atoms with Crippen molar-refractivity contribution in [2.45, 2.75) is 6.54 Å². The van der Waals surface area contributed by atoms with Crippen molar-refractivity contribution in [1.82, 2.24) is 4.90 Å². The molecule has 0 saturated heterocycles. The number of amides is 1. The molecule has 0 heterocycles. The van der Waals surface area contributed by atoms with Gasteiger partial charge in [0.25, 0.3) is 5.91 Å². The maximum atomic E-state index is 13.8. The van der Waals surface area contributed by atoms with Crippen molar-refractivity contribution in [3.05, 3.63) is 63.9 Å². The Morgan fingerprint density at radius 2 is 1.90 bits per heavy atom. The van der Waals surface area contributed by atoms with Crippen LogP contribution in [0.1, 0.15) is 15.9 Å². The van der Waals surface area contributed by atoms with E-state index in [1.807, 2.05) is 43.3 Å². The van der Waals surface area contributed by atoms with E-state index in [1.54, 1.807) is 12.1 Å². The zero-order valence-electron chi connectivity index (χ0n) is 11.9. The van der Waals surface area contributed by atoms with Gasteiger partial charge in [0.2, 0.25) is 0 Å². The van der Waals surface area contributed by atoms with Crippen molar-refractivity contribution in [3.8, 4) is 0 Å². The monoisotopic (exact) mass is 350 g/mol. The van der Waals surface area contributed by atoms with Crippen molar-refractivity contribution in [2.75, 3.05) is 19.4 Å². The maximum Gasteiger partial charge on any atom is 0.259 e. The third kappa shape index (κ3) is 3.89. The Kier molecular flexibility index (Phi) is 5.09. The first-order valence-electron chi connectivity index (χ1n) is 6.47. The largest absolute Gasteiger partial charge is 0.322 e. The highest BCUT2D eigenvalue weighted by Crippen LogP contribution is 2.23. The summed E-state index contributed by atoms with van der Waals surface area (Å²) >= 11 is 3.21. The van der Waals surface area contributed by atoms with Gasteiger partial charge in [-0.15, -0.1) is 0 Å². The van der Waals surface area contributed by atoms with Gasteiger partial charge >= 0.3 is 0 Å². The summed E-state index contributed by atoms with van der Waals surface area (Å²) < 4.78 is 14.3. The normalized spacial score (nSPS) is 10.7. The average molecular weight is 351 g/mol. The van der Waals surface area contributed by atoms with Crippen LogP contribution in [0, 0.1) is 5.82 Å². The van der Waals surface area contributed by atoms with E-state index >= 15 is 0 Å². The first-order chi connectivity index (χ1) is 9.99. The van der Waals surface area contributed by atoms with Gasteiger partial charge in [-0.05, 0) is 53.8 Å². The van der Waals surface area contributed by atoms with Gasteiger partial charge < -0.3 is 10.2 Å². The van der Waals surface area contributed by atoms with Crippen LogP contribution in [0.25, 0.3) is 0 Å². The second kappa shape index (κ2) is 6.83. The van der Waals surface area contributed by atoms with Gasteiger partial charge in [0, 0.05) is 16.7 Å². The molecule has 0 unspecified atom stereocenters. The fraction of sp³-hybridized carbons (Fsp3) is 0.188. The Hall–Kier alpha value is -1.72. The van der Waals surface area contributed by atoms with Gasteiger partial charge in [0.1, 0.15) is 5.82 Å². The molecule has 1 amide bonds. The van der Waals surface area contributed by atoms with E-state index in [9.17, 15) is 9.18 Å². The SMILES string of the molecule is CN(C)Cc1ccccc1NC(=O)c1c(F)cccc1Br. The molecule has 0 spiro atoms. The minimum Gasteiger partial charge on any atom is -0.322 e. The van der Waals surface area contributed by atoms with E-state index in [1.165, 1.54) is 6.07 Å². The van der Waals surface area contributed by atoms with Gasteiger partial charge in [-0.2, -0.15) is 0 Å². The Labute approximate surface area is 131 Å². The standard InChI is InChI=1S/C16H16BrFN2O/c1-20(2)10-11-6-3-4-9-14(11)19-16(21)15-12(17)7-5-8-13(15)18/h3-9H,10H2,1-2H3,(H,19,21). The summed E-state index contributed by atoms with van der Waals surface area (Å²) in [6.45, 7) is 0.689. The highest BCUT2D eigenvalue weighted by molar-refractivity contribution is 9.10.